The Morgan fingerprint density at radius 1 is 0.952 bits per heavy atom. The SMILES string of the molecule is c1ccc2c(c1)Sc1ccccc1N2CC1CCCCN1. The van der Waals surface area contributed by atoms with Gasteiger partial charge in [0.15, 0.2) is 0 Å². The zero-order valence-electron chi connectivity index (χ0n) is 12.1. The third kappa shape index (κ3) is 2.56. The molecule has 21 heavy (non-hydrogen) atoms. The van der Waals surface area contributed by atoms with Gasteiger partial charge >= 0.3 is 0 Å². The molecule has 2 heterocycles. The summed E-state index contributed by atoms with van der Waals surface area (Å²) in [6, 6.07) is 18.1. The van der Waals surface area contributed by atoms with Gasteiger partial charge in [-0.3, -0.25) is 0 Å². The van der Waals surface area contributed by atoms with Gasteiger partial charge in [-0.2, -0.15) is 0 Å². The monoisotopic (exact) mass is 296 g/mol. The molecule has 1 N–H and O–H groups in total. The molecule has 0 saturated carbocycles. The highest BCUT2D eigenvalue weighted by Crippen LogP contribution is 2.47. The molecular formula is C18H20N2S. The van der Waals surface area contributed by atoms with Crippen LogP contribution in [0.15, 0.2) is 58.3 Å². The fourth-order valence-electron chi connectivity index (χ4n) is 3.28. The minimum Gasteiger partial charge on any atom is -0.338 e. The van der Waals surface area contributed by atoms with Crippen LogP contribution in [0.1, 0.15) is 19.3 Å². The number of hydrogen-bond donors (Lipinski definition) is 1. The summed E-state index contributed by atoms with van der Waals surface area (Å²) < 4.78 is 0. The van der Waals surface area contributed by atoms with E-state index >= 15 is 0 Å². The lowest BCUT2D eigenvalue weighted by Gasteiger charge is -2.36. The zero-order chi connectivity index (χ0) is 14.1. The molecule has 1 saturated heterocycles. The molecular weight excluding hydrogens is 276 g/mol. The largest absolute Gasteiger partial charge is 0.338 e. The van der Waals surface area contributed by atoms with Crippen molar-refractivity contribution in [2.24, 2.45) is 0 Å². The molecule has 1 unspecified atom stereocenters. The Morgan fingerprint density at radius 3 is 2.24 bits per heavy atom. The van der Waals surface area contributed by atoms with E-state index < -0.39 is 0 Å². The molecule has 108 valence electrons. The molecule has 1 atom stereocenters. The van der Waals surface area contributed by atoms with Crippen LogP contribution in [0.5, 0.6) is 0 Å². The van der Waals surface area contributed by atoms with Crippen molar-refractivity contribution in [2.45, 2.75) is 35.1 Å². The molecule has 1 fully saturated rings. The lowest BCUT2D eigenvalue weighted by Crippen LogP contribution is -2.42. The molecule has 0 aromatic heterocycles. The maximum atomic E-state index is 3.68. The highest BCUT2D eigenvalue weighted by atomic mass is 32.2. The van der Waals surface area contributed by atoms with Crippen molar-refractivity contribution >= 4 is 23.1 Å². The van der Waals surface area contributed by atoms with Crippen LogP contribution in [0.4, 0.5) is 11.4 Å². The first-order valence-corrected chi connectivity index (χ1v) is 8.60. The lowest BCUT2D eigenvalue weighted by atomic mass is 10.0. The van der Waals surface area contributed by atoms with E-state index in [1.54, 1.807) is 0 Å². The van der Waals surface area contributed by atoms with Crippen molar-refractivity contribution in [3.63, 3.8) is 0 Å². The van der Waals surface area contributed by atoms with Crippen molar-refractivity contribution in [1.82, 2.24) is 5.32 Å². The van der Waals surface area contributed by atoms with Crippen molar-refractivity contribution in [1.29, 1.82) is 0 Å². The van der Waals surface area contributed by atoms with E-state index in [4.69, 9.17) is 0 Å². The van der Waals surface area contributed by atoms with Crippen LogP contribution in [0.2, 0.25) is 0 Å². The average Bonchev–Trinajstić information content (AvgIpc) is 2.55. The molecule has 2 aliphatic heterocycles. The lowest BCUT2D eigenvalue weighted by molar-refractivity contribution is 0.405. The summed E-state index contributed by atoms with van der Waals surface area (Å²) in [6.45, 7) is 2.23. The summed E-state index contributed by atoms with van der Waals surface area (Å²) in [4.78, 5) is 5.24. The highest BCUT2D eigenvalue weighted by Gasteiger charge is 2.25. The van der Waals surface area contributed by atoms with Gasteiger partial charge < -0.3 is 10.2 Å². The molecule has 0 spiro atoms. The van der Waals surface area contributed by atoms with Crippen LogP contribution < -0.4 is 10.2 Å². The minimum absolute atomic E-state index is 0.600. The predicted molar refractivity (Wildman–Crippen MR) is 89.7 cm³/mol. The van der Waals surface area contributed by atoms with E-state index in [2.05, 4.69) is 58.7 Å². The summed E-state index contributed by atoms with van der Waals surface area (Å²) in [5.74, 6) is 0. The second-order valence-electron chi connectivity index (χ2n) is 5.79. The maximum absolute atomic E-state index is 3.68. The number of benzene rings is 2. The highest BCUT2D eigenvalue weighted by molar-refractivity contribution is 7.99. The molecule has 0 aliphatic carbocycles. The number of piperidine rings is 1. The number of nitrogens with one attached hydrogen (secondary N) is 1. The number of nitrogens with zero attached hydrogens (tertiary/aromatic N) is 1. The van der Waals surface area contributed by atoms with E-state index in [-0.39, 0.29) is 0 Å². The smallest absolute Gasteiger partial charge is 0.0553 e. The Labute approximate surface area is 130 Å². The number of anilines is 2. The van der Waals surface area contributed by atoms with Gasteiger partial charge in [-0.25, -0.2) is 0 Å². The van der Waals surface area contributed by atoms with Gasteiger partial charge in [0.2, 0.25) is 0 Å². The van der Waals surface area contributed by atoms with Gasteiger partial charge in [0.05, 0.1) is 11.4 Å². The van der Waals surface area contributed by atoms with Crippen LogP contribution in [-0.2, 0) is 0 Å². The summed E-state index contributed by atoms with van der Waals surface area (Å²) in [5.41, 5.74) is 2.71. The van der Waals surface area contributed by atoms with E-state index in [1.807, 2.05) is 11.8 Å². The maximum Gasteiger partial charge on any atom is 0.0553 e. The quantitative estimate of drug-likeness (QED) is 0.882. The average molecular weight is 296 g/mol. The van der Waals surface area contributed by atoms with Crippen molar-refractivity contribution in [3.8, 4) is 0 Å². The Kier molecular flexibility index (Phi) is 3.62. The second kappa shape index (κ2) is 5.74. The molecule has 2 aromatic carbocycles. The molecule has 0 radical (unpaired) electrons. The Balaban J connectivity index is 1.70. The summed E-state index contributed by atoms with van der Waals surface area (Å²) in [6.07, 6.45) is 3.96. The van der Waals surface area contributed by atoms with Crippen molar-refractivity contribution in [3.05, 3.63) is 48.5 Å². The summed E-state index contributed by atoms with van der Waals surface area (Å²) in [7, 11) is 0. The Morgan fingerprint density at radius 2 is 1.62 bits per heavy atom. The van der Waals surface area contributed by atoms with Gasteiger partial charge in [-0.15, -0.1) is 0 Å². The second-order valence-corrected chi connectivity index (χ2v) is 6.88. The molecule has 2 aromatic rings. The third-order valence-electron chi connectivity index (χ3n) is 4.35. The van der Waals surface area contributed by atoms with Crippen molar-refractivity contribution < 1.29 is 0 Å². The van der Waals surface area contributed by atoms with Gasteiger partial charge in [-0.1, -0.05) is 42.4 Å². The zero-order valence-corrected chi connectivity index (χ0v) is 12.9. The predicted octanol–water partition coefficient (Wildman–Crippen LogP) is 4.43. The Hall–Kier alpha value is -1.45. The van der Waals surface area contributed by atoms with E-state index in [0.29, 0.717) is 6.04 Å². The third-order valence-corrected chi connectivity index (χ3v) is 5.48. The molecule has 0 amide bonds. The van der Waals surface area contributed by atoms with Gasteiger partial charge in [0, 0.05) is 22.4 Å². The number of fused-ring (bicyclic) bond motifs is 2. The molecule has 2 nitrogen and oxygen atoms in total. The van der Waals surface area contributed by atoms with E-state index in [1.165, 1.54) is 40.4 Å². The van der Waals surface area contributed by atoms with E-state index in [9.17, 15) is 0 Å². The van der Waals surface area contributed by atoms with Crippen LogP contribution in [-0.4, -0.2) is 19.1 Å². The standard InChI is InChI=1S/C18H20N2S/c1-3-10-17-15(8-1)20(13-14-7-5-6-12-19-14)16-9-2-4-11-18(16)21-17/h1-4,8-11,14,19H,5-7,12-13H2. The minimum atomic E-state index is 0.600. The first-order valence-electron chi connectivity index (χ1n) is 7.79. The van der Waals surface area contributed by atoms with Gasteiger partial charge in [0.1, 0.15) is 0 Å². The van der Waals surface area contributed by atoms with Crippen LogP contribution in [0.3, 0.4) is 0 Å². The fraction of sp³-hybridized carbons (Fsp3) is 0.333. The molecule has 2 aliphatic rings. The van der Waals surface area contributed by atoms with E-state index in [0.717, 1.165) is 13.1 Å². The number of para-hydroxylation sites is 2. The molecule has 4 rings (SSSR count). The van der Waals surface area contributed by atoms with Crippen LogP contribution >= 0.6 is 11.8 Å². The summed E-state index contributed by atoms with van der Waals surface area (Å²) >= 11 is 1.89. The molecule has 3 heteroatoms. The van der Waals surface area contributed by atoms with Gasteiger partial charge in [0.25, 0.3) is 0 Å². The topological polar surface area (TPSA) is 15.3 Å². The van der Waals surface area contributed by atoms with Gasteiger partial charge in [-0.05, 0) is 43.7 Å². The molecule has 0 bridgehead atoms. The number of hydrogen-bond acceptors (Lipinski definition) is 3. The summed E-state index contributed by atoms with van der Waals surface area (Å²) in [5, 5.41) is 3.68. The van der Waals surface area contributed by atoms with Crippen molar-refractivity contribution in [2.75, 3.05) is 18.0 Å². The first kappa shape index (κ1) is 13.2. The van der Waals surface area contributed by atoms with Crippen LogP contribution in [0.25, 0.3) is 0 Å². The fourth-order valence-corrected chi connectivity index (χ4v) is 4.37. The number of rotatable bonds is 2. The first-order chi connectivity index (χ1) is 10.4. The normalized spacial score (nSPS) is 20.8. The van der Waals surface area contributed by atoms with Crippen LogP contribution in [0, 0.1) is 0 Å². The Bertz CT molecular complexity index is 589.